The van der Waals surface area contributed by atoms with E-state index in [1.54, 1.807) is 6.07 Å². The molecule has 0 aliphatic heterocycles. The molecule has 5 nitrogen and oxygen atoms in total. The van der Waals surface area contributed by atoms with Crippen molar-refractivity contribution in [3.63, 3.8) is 0 Å². The molecule has 1 N–H and O–H groups in total. The Hall–Kier alpha value is -1.43. The molecule has 2 rings (SSSR count). The quantitative estimate of drug-likeness (QED) is 0.681. The Kier molecular flexibility index (Phi) is 3.62. The minimum Gasteiger partial charge on any atom is -0.347 e. The number of carbonyl (C=O) groups excluding carboxylic acids is 1. The number of nitrogens with one attached hydrogen (secondary N) is 1. The molecule has 1 aromatic rings. The van der Waals surface area contributed by atoms with E-state index in [4.69, 9.17) is 0 Å². The van der Waals surface area contributed by atoms with Crippen LogP contribution < -0.4 is 5.32 Å². The molecule has 0 heterocycles. The molecule has 0 bridgehead atoms. The highest BCUT2D eigenvalue weighted by atomic mass is 79.9. The van der Waals surface area contributed by atoms with Crippen molar-refractivity contribution in [1.82, 2.24) is 5.32 Å². The molecule has 1 aliphatic rings. The van der Waals surface area contributed by atoms with E-state index in [0.717, 1.165) is 12.8 Å². The number of rotatable bonds is 4. The molecule has 6 heteroatoms. The first kappa shape index (κ1) is 14.0. The SMILES string of the molecule is CC(C)(NC(=O)c1cccc([N+](=O)[O-])c1Br)C1CC1. The molecule has 0 radical (unpaired) electrons. The molecule has 0 spiro atoms. The van der Waals surface area contributed by atoms with E-state index in [-0.39, 0.29) is 21.6 Å². The summed E-state index contributed by atoms with van der Waals surface area (Å²) in [7, 11) is 0. The van der Waals surface area contributed by atoms with E-state index < -0.39 is 4.92 Å². The van der Waals surface area contributed by atoms with Crippen molar-refractivity contribution < 1.29 is 9.72 Å². The molecule has 1 saturated carbocycles. The van der Waals surface area contributed by atoms with Gasteiger partial charge >= 0.3 is 0 Å². The van der Waals surface area contributed by atoms with Gasteiger partial charge in [-0.25, -0.2) is 0 Å². The van der Waals surface area contributed by atoms with Crippen LogP contribution in [0.15, 0.2) is 22.7 Å². The van der Waals surface area contributed by atoms with E-state index in [0.29, 0.717) is 11.5 Å². The molecule has 0 unspecified atom stereocenters. The fourth-order valence-corrected chi connectivity index (χ4v) is 2.69. The first-order chi connectivity index (χ1) is 8.83. The fourth-order valence-electron chi connectivity index (χ4n) is 2.10. The molecule has 1 aliphatic carbocycles. The summed E-state index contributed by atoms with van der Waals surface area (Å²) >= 11 is 3.14. The van der Waals surface area contributed by atoms with Gasteiger partial charge in [-0.05, 0) is 54.6 Å². The standard InChI is InChI=1S/C13H15BrN2O3/c1-13(2,8-6-7-8)15-12(17)9-4-3-5-10(11(9)14)16(18)19/h3-5,8H,6-7H2,1-2H3,(H,15,17). The fraction of sp³-hybridized carbons (Fsp3) is 0.462. The van der Waals surface area contributed by atoms with Gasteiger partial charge in [-0.2, -0.15) is 0 Å². The summed E-state index contributed by atoms with van der Waals surface area (Å²) in [5.74, 6) is 0.210. The van der Waals surface area contributed by atoms with Gasteiger partial charge < -0.3 is 5.32 Å². The lowest BCUT2D eigenvalue weighted by atomic mass is 9.98. The molecular weight excluding hydrogens is 312 g/mol. The van der Waals surface area contributed by atoms with Crippen LogP contribution in [0.3, 0.4) is 0 Å². The second-order valence-electron chi connectivity index (χ2n) is 5.35. The maximum Gasteiger partial charge on any atom is 0.284 e. The van der Waals surface area contributed by atoms with Crippen molar-refractivity contribution in [1.29, 1.82) is 0 Å². The average molecular weight is 327 g/mol. The molecule has 1 amide bonds. The number of carbonyl (C=O) groups is 1. The third-order valence-corrected chi connectivity index (χ3v) is 4.29. The van der Waals surface area contributed by atoms with Gasteiger partial charge in [-0.15, -0.1) is 0 Å². The van der Waals surface area contributed by atoms with Crippen molar-refractivity contribution in [2.45, 2.75) is 32.2 Å². The van der Waals surface area contributed by atoms with E-state index in [2.05, 4.69) is 21.2 Å². The third kappa shape index (κ3) is 2.94. The molecule has 102 valence electrons. The number of hydrogen-bond donors (Lipinski definition) is 1. The van der Waals surface area contributed by atoms with Crippen LogP contribution in [0.2, 0.25) is 0 Å². The zero-order chi connectivity index (χ0) is 14.2. The van der Waals surface area contributed by atoms with Gasteiger partial charge in [0.05, 0.1) is 10.5 Å². The smallest absolute Gasteiger partial charge is 0.284 e. The lowest BCUT2D eigenvalue weighted by Gasteiger charge is -2.26. The molecule has 0 saturated heterocycles. The van der Waals surface area contributed by atoms with Crippen molar-refractivity contribution in [3.8, 4) is 0 Å². The highest BCUT2D eigenvalue weighted by Gasteiger charge is 2.39. The number of hydrogen-bond acceptors (Lipinski definition) is 3. The Balaban J connectivity index is 2.24. The van der Waals surface area contributed by atoms with Gasteiger partial charge in [0.1, 0.15) is 4.47 Å². The second-order valence-corrected chi connectivity index (χ2v) is 6.14. The Bertz CT molecular complexity index is 539. The van der Waals surface area contributed by atoms with Crippen LogP contribution in [0.25, 0.3) is 0 Å². The molecule has 1 aromatic carbocycles. The van der Waals surface area contributed by atoms with Gasteiger partial charge in [0.25, 0.3) is 11.6 Å². The predicted molar refractivity (Wildman–Crippen MR) is 75.1 cm³/mol. The largest absolute Gasteiger partial charge is 0.347 e. The zero-order valence-corrected chi connectivity index (χ0v) is 12.4. The van der Waals surface area contributed by atoms with Crippen LogP contribution in [-0.4, -0.2) is 16.4 Å². The molecule has 0 aromatic heterocycles. The predicted octanol–water partition coefficient (Wildman–Crippen LogP) is 3.28. The van der Waals surface area contributed by atoms with Crippen LogP contribution in [0, 0.1) is 16.0 Å². The number of benzene rings is 1. The van der Waals surface area contributed by atoms with E-state index >= 15 is 0 Å². The highest BCUT2D eigenvalue weighted by Crippen LogP contribution is 2.39. The number of halogens is 1. The highest BCUT2D eigenvalue weighted by molar-refractivity contribution is 9.10. The molecular formula is C13H15BrN2O3. The van der Waals surface area contributed by atoms with Gasteiger partial charge in [0.2, 0.25) is 0 Å². The summed E-state index contributed by atoms with van der Waals surface area (Å²) in [6.45, 7) is 3.96. The van der Waals surface area contributed by atoms with E-state index in [1.165, 1.54) is 12.1 Å². The van der Waals surface area contributed by atoms with Crippen LogP contribution in [0.1, 0.15) is 37.0 Å². The number of amides is 1. The minimum absolute atomic E-state index is 0.100. The average Bonchev–Trinajstić information content (AvgIpc) is 3.11. The Morgan fingerprint density at radius 1 is 1.47 bits per heavy atom. The zero-order valence-electron chi connectivity index (χ0n) is 10.8. The van der Waals surface area contributed by atoms with E-state index in [1.807, 2.05) is 13.8 Å². The van der Waals surface area contributed by atoms with Gasteiger partial charge in [0.15, 0.2) is 0 Å². The lowest BCUT2D eigenvalue weighted by molar-refractivity contribution is -0.385. The van der Waals surface area contributed by atoms with Crippen molar-refractivity contribution >= 4 is 27.5 Å². The monoisotopic (exact) mass is 326 g/mol. The van der Waals surface area contributed by atoms with Gasteiger partial charge in [-0.3, -0.25) is 14.9 Å². The number of nitro groups is 1. The number of nitrogens with zero attached hydrogens (tertiary/aromatic N) is 1. The second kappa shape index (κ2) is 4.92. The summed E-state index contributed by atoms with van der Waals surface area (Å²) in [6.07, 6.45) is 2.23. The summed E-state index contributed by atoms with van der Waals surface area (Å²) in [5.41, 5.74) is -0.0824. The van der Waals surface area contributed by atoms with Crippen LogP contribution >= 0.6 is 15.9 Å². The third-order valence-electron chi connectivity index (χ3n) is 3.45. The minimum atomic E-state index is -0.507. The maximum absolute atomic E-state index is 12.2. The summed E-state index contributed by atoms with van der Waals surface area (Å²) in [4.78, 5) is 22.6. The van der Waals surface area contributed by atoms with Crippen molar-refractivity contribution in [2.24, 2.45) is 5.92 Å². The van der Waals surface area contributed by atoms with Crippen LogP contribution in [0.5, 0.6) is 0 Å². The van der Waals surface area contributed by atoms with Crippen molar-refractivity contribution in [3.05, 3.63) is 38.3 Å². The van der Waals surface area contributed by atoms with Crippen molar-refractivity contribution in [2.75, 3.05) is 0 Å². The first-order valence-electron chi connectivity index (χ1n) is 6.08. The maximum atomic E-state index is 12.2. The van der Waals surface area contributed by atoms with Gasteiger partial charge in [0, 0.05) is 11.6 Å². The Labute approximate surface area is 119 Å². The first-order valence-corrected chi connectivity index (χ1v) is 6.87. The summed E-state index contributed by atoms with van der Waals surface area (Å²) in [6, 6.07) is 4.46. The summed E-state index contributed by atoms with van der Waals surface area (Å²) < 4.78 is 0.226. The summed E-state index contributed by atoms with van der Waals surface area (Å²) in [5, 5.41) is 13.8. The number of nitro benzene ring substituents is 1. The Morgan fingerprint density at radius 3 is 2.63 bits per heavy atom. The van der Waals surface area contributed by atoms with Crippen LogP contribution in [-0.2, 0) is 0 Å². The Morgan fingerprint density at radius 2 is 2.11 bits per heavy atom. The molecule has 19 heavy (non-hydrogen) atoms. The van der Waals surface area contributed by atoms with Gasteiger partial charge in [-0.1, -0.05) is 6.07 Å². The lowest BCUT2D eigenvalue weighted by Crippen LogP contribution is -2.45. The molecule has 0 atom stereocenters. The topological polar surface area (TPSA) is 72.2 Å². The molecule has 1 fully saturated rings. The normalized spacial score (nSPS) is 15.1. The van der Waals surface area contributed by atoms with Crippen LogP contribution in [0.4, 0.5) is 5.69 Å². The van der Waals surface area contributed by atoms with E-state index in [9.17, 15) is 14.9 Å².